The molecule has 1 aliphatic heterocycles. The molecule has 1 amide bonds. The first-order chi connectivity index (χ1) is 16.7. The average molecular weight is 676 g/mol. The normalized spacial score (nSPS) is 16.8. The van der Waals surface area contributed by atoms with E-state index in [0.717, 1.165) is 20.5 Å². The number of rotatable bonds is 8. The molecule has 1 saturated heterocycles. The Morgan fingerprint density at radius 1 is 1.22 bits per heavy atom. The summed E-state index contributed by atoms with van der Waals surface area (Å²) < 4.78 is 25.1. The standard InChI is InChI=1S/C25H26IN5O3S.2ClH/c1-35(33,34)10-9-22-15-31(21-4-2-3-20(26)12-21)25(32)16-30(22)24(23-14-28-17-29-23)11-18-5-7-19(13-27)8-6-18;;/h2-8,12,14,17,22,24H,9-11,15-16H2,1H3,(H,28,29);2*1H/t22?,24-;;/m0../s1. The molecule has 1 N–H and O–H groups in total. The number of benzene rings is 2. The summed E-state index contributed by atoms with van der Waals surface area (Å²) in [5.74, 6) is 0.00156. The van der Waals surface area contributed by atoms with Gasteiger partial charge in [-0.15, -0.1) is 24.8 Å². The minimum Gasteiger partial charge on any atom is -0.347 e. The summed E-state index contributed by atoms with van der Waals surface area (Å²) in [4.78, 5) is 24.6. The maximum absolute atomic E-state index is 13.4. The number of hydrogen-bond donors (Lipinski definition) is 1. The molecular weight excluding hydrogens is 648 g/mol. The monoisotopic (exact) mass is 675 g/mol. The Hall–Kier alpha value is -2.17. The highest BCUT2D eigenvalue weighted by Crippen LogP contribution is 2.32. The quantitative estimate of drug-likeness (QED) is 0.359. The maximum Gasteiger partial charge on any atom is 0.241 e. The number of halogens is 3. The Balaban J connectivity index is 0.00000241. The lowest BCUT2D eigenvalue weighted by atomic mass is 9.97. The molecule has 1 unspecified atom stereocenters. The zero-order valence-electron chi connectivity index (χ0n) is 20.1. The molecule has 0 aliphatic carbocycles. The molecule has 0 spiro atoms. The van der Waals surface area contributed by atoms with Crippen molar-refractivity contribution in [3.63, 3.8) is 0 Å². The number of anilines is 1. The van der Waals surface area contributed by atoms with Gasteiger partial charge >= 0.3 is 0 Å². The zero-order valence-corrected chi connectivity index (χ0v) is 24.7. The van der Waals surface area contributed by atoms with Gasteiger partial charge in [0.05, 0.1) is 42.0 Å². The maximum atomic E-state index is 13.4. The van der Waals surface area contributed by atoms with E-state index in [1.54, 1.807) is 29.6 Å². The lowest BCUT2D eigenvalue weighted by Crippen LogP contribution is -2.58. The van der Waals surface area contributed by atoms with E-state index in [2.05, 4.69) is 43.5 Å². The van der Waals surface area contributed by atoms with Crippen LogP contribution in [0.5, 0.6) is 0 Å². The number of nitrogens with zero attached hydrogens (tertiary/aromatic N) is 4. The predicted octanol–water partition coefficient (Wildman–Crippen LogP) is 4.17. The van der Waals surface area contributed by atoms with Gasteiger partial charge in [0.15, 0.2) is 0 Å². The highest BCUT2D eigenvalue weighted by atomic mass is 127. The van der Waals surface area contributed by atoms with Crippen molar-refractivity contribution in [2.24, 2.45) is 0 Å². The van der Waals surface area contributed by atoms with Crippen molar-refractivity contribution in [1.82, 2.24) is 14.9 Å². The molecule has 12 heteroatoms. The molecule has 1 aliphatic rings. The summed E-state index contributed by atoms with van der Waals surface area (Å²) in [6, 6.07) is 16.9. The van der Waals surface area contributed by atoms with Crippen LogP contribution in [-0.4, -0.2) is 60.3 Å². The van der Waals surface area contributed by atoms with E-state index in [9.17, 15) is 13.2 Å². The number of nitriles is 1. The van der Waals surface area contributed by atoms with Crippen LogP contribution in [0.3, 0.4) is 0 Å². The van der Waals surface area contributed by atoms with E-state index < -0.39 is 9.84 Å². The zero-order chi connectivity index (χ0) is 25.0. The van der Waals surface area contributed by atoms with Gasteiger partial charge in [-0.3, -0.25) is 9.69 Å². The van der Waals surface area contributed by atoms with E-state index in [0.29, 0.717) is 24.9 Å². The fourth-order valence-electron chi connectivity index (χ4n) is 4.45. The molecule has 0 bridgehead atoms. The van der Waals surface area contributed by atoms with Gasteiger partial charge in [0.25, 0.3) is 0 Å². The van der Waals surface area contributed by atoms with Crippen molar-refractivity contribution in [1.29, 1.82) is 5.26 Å². The second-order valence-electron chi connectivity index (χ2n) is 8.76. The van der Waals surface area contributed by atoms with E-state index in [1.165, 1.54) is 6.26 Å². The number of aromatic amines is 1. The fraction of sp³-hybridized carbons (Fsp3) is 0.320. The van der Waals surface area contributed by atoms with Gasteiger partial charge < -0.3 is 9.88 Å². The Kier molecular flexibility index (Phi) is 11.4. The third kappa shape index (κ3) is 8.15. The van der Waals surface area contributed by atoms with Crippen LogP contribution in [0.1, 0.15) is 29.3 Å². The van der Waals surface area contributed by atoms with Crippen LogP contribution in [0.2, 0.25) is 0 Å². The summed E-state index contributed by atoms with van der Waals surface area (Å²) in [5.41, 5.74) is 3.27. The number of hydrogen-bond acceptors (Lipinski definition) is 6. The van der Waals surface area contributed by atoms with Crippen molar-refractivity contribution in [2.45, 2.75) is 24.9 Å². The van der Waals surface area contributed by atoms with Crippen LogP contribution in [0.25, 0.3) is 0 Å². The molecule has 198 valence electrons. The van der Waals surface area contributed by atoms with Gasteiger partial charge in [0.2, 0.25) is 5.91 Å². The Bertz CT molecular complexity index is 1330. The van der Waals surface area contributed by atoms with E-state index >= 15 is 0 Å². The molecule has 0 radical (unpaired) electrons. The lowest BCUT2D eigenvalue weighted by Gasteiger charge is -2.44. The Morgan fingerprint density at radius 2 is 1.95 bits per heavy atom. The van der Waals surface area contributed by atoms with Crippen LogP contribution in [0, 0.1) is 14.9 Å². The number of aromatic nitrogens is 2. The van der Waals surface area contributed by atoms with E-state index in [4.69, 9.17) is 5.26 Å². The first kappa shape index (κ1) is 31.1. The summed E-state index contributed by atoms with van der Waals surface area (Å²) in [7, 11) is -3.18. The van der Waals surface area contributed by atoms with Crippen molar-refractivity contribution in [3.05, 3.63) is 81.4 Å². The van der Waals surface area contributed by atoms with Crippen molar-refractivity contribution < 1.29 is 13.2 Å². The number of imidazole rings is 1. The van der Waals surface area contributed by atoms with Crippen LogP contribution in [0.4, 0.5) is 5.69 Å². The fourth-order valence-corrected chi connectivity index (χ4v) is 5.67. The topological polar surface area (TPSA) is 110 Å². The van der Waals surface area contributed by atoms with Crippen LogP contribution >= 0.6 is 47.4 Å². The second kappa shape index (κ2) is 13.6. The third-order valence-electron chi connectivity index (χ3n) is 6.21. The summed E-state index contributed by atoms with van der Waals surface area (Å²) in [5, 5.41) is 9.13. The van der Waals surface area contributed by atoms with Gasteiger partial charge in [0.1, 0.15) is 9.84 Å². The Morgan fingerprint density at radius 3 is 2.54 bits per heavy atom. The molecule has 37 heavy (non-hydrogen) atoms. The third-order valence-corrected chi connectivity index (χ3v) is 7.86. The average Bonchev–Trinajstić information content (AvgIpc) is 3.36. The number of piperazine rings is 1. The minimum absolute atomic E-state index is 0. The van der Waals surface area contributed by atoms with Crippen molar-refractivity contribution in [2.75, 3.05) is 30.0 Å². The van der Waals surface area contributed by atoms with Crippen LogP contribution in [0.15, 0.2) is 61.1 Å². The summed E-state index contributed by atoms with van der Waals surface area (Å²) in [6.45, 7) is 0.548. The highest BCUT2D eigenvalue weighted by molar-refractivity contribution is 14.1. The highest BCUT2D eigenvalue weighted by Gasteiger charge is 2.38. The molecule has 8 nitrogen and oxygen atoms in total. The number of sulfone groups is 1. The molecule has 1 fully saturated rings. The SMILES string of the molecule is CS(=O)(=O)CCC1CN(c2cccc(I)c2)C(=O)CN1[C@@H](Cc1ccc(C#N)cc1)c1cnc[nH]1.Cl.Cl. The number of carbonyl (C=O) groups excluding carboxylic acids is 1. The largest absolute Gasteiger partial charge is 0.347 e. The first-order valence-corrected chi connectivity index (χ1v) is 14.3. The van der Waals surface area contributed by atoms with Crippen LogP contribution in [-0.2, 0) is 21.1 Å². The number of H-pyrrole nitrogens is 1. The number of amides is 1. The van der Waals surface area contributed by atoms with E-state index in [1.807, 2.05) is 36.4 Å². The molecule has 2 heterocycles. The molecule has 0 saturated carbocycles. The van der Waals surface area contributed by atoms with Gasteiger partial charge in [-0.05, 0) is 71.3 Å². The smallest absolute Gasteiger partial charge is 0.241 e. The second-order valence-corrected chi connectivity index (χ2v) is 12.3. The summed E-state index contributed by atoms with van der Waals surface area (Å²) >= 11 is 2.22. The van der Waals surface area contributed by atoms with E-state index in [-0.39, 0.29) is 55.1 Å². The molecule has 4 rings (SSSR count). The van der Waals surface area contributed by atoms with Crippen molar-refractivity contribution in [3.8, 4) is 6.07 Å². The summed E-state index contributed by atoms with van der Waals surface area (Å²) in [6.07, 6.45) is 5.59. The van der Waals surface area contributed by atoms with Gasteiger partial charge in [-0.25, -0.2) is 13.4 Å². The molecule has 1 aromatic heterocycles. The van der Waals surface area contributed by atoms with Gasteiger partial charge in [0, 0.05) is 34.3 Å². The van der Waals surface area contributed by atoms with Gasteiger partial charge in [-0.2, -0.15) is 5.26 Å². The molecule has 2 aromatic carbocycles. The lowest BCUT2D eigenvalue weighted by molar-refractivity contribution is -0.123. The van der Waals surface area contributed by atoms with Crippen molar-refractivity contribution >= 4 is 68.8 Å². The predicted molar refractivity (Wildman–Crippen MR) is 157 cm³/mol. The Labute approximate surface area is 243 Å². The van der Waals surface area contributed by atoms with Crippen LogP contribution < -0.4 is 4.90 Å². The number of nitrogens with one attached hydrogen (secondary N) is 1. The first-order valence-electron chi connectivity index (χ1n) is 11.2. The minimum atomic E-state index is -3.18. The molecular formula is C25H28Cl2IN5O3S. The molecule has 3 aromatic rings. The number of carbonyl (C=O) groups is 1. The van der Waals surface area contributed by atoms with Gasteiger partial charge in [-0.1, -0.05) is 18.2 Å². The molecule has 2 atom stereocenters.